The maximum atomic E-state index is 12.8. The number of phenolic OH excluding ortho intramolecular Hbond substituents is 2. The normalized spacial score (nSPS) is 15.4. The molecule has 0 amide bonds. The first-order chi connectivity index (χ1) is 13.3. The highest BCUT2D eigenvalue weighted by molar-refractivity contribution is 6.03. The summed E-state index contributed by atoms with van der Waals surface area (Å²) in [5, 5.41) is 20.4. The summed E-state index contributed by atoms with van der Waals surface area (Å²) in [7, 11) is 2.98. The second-order valence-electron chi connectivity index (χ2n) is 6.93. The van der Waals surface area contributed by atoms with Crippen molar-refractivity contribution in [2.75, 3.05) is 14.2 Å². The molecule has 2 N–H and O–H groups in total. The number of rotatable bonds is 5. The van der Waals surface area contributed by atoms with E-state index in [1.165, 1.54) is 26.4 Å². The van der Waals surface area contributed by atoms with Crippen molar-refractivity contribution in [1.82, 2.24) is 0 Å². The zero-order chi connectivity index (χ0) is 20.4. The summed E-state index contributed by atoms with van der Waals surface area (Å²) in [6.45, 7) is 3.96. The van der Waals surface area contributed by atoms with E-state index in [1.54, 1.807) is 12.1 Å². The first-order valence-electron chi connectivity index (χ1n) is 8.98. The molecule has 3 rings (SSSR count). The molecule has 0 saturated heterocycles. The van der Waals surface area contributed by atoms with E-state index in [0.717, 1.165) is 5.57 Å². The van der Waals surface area contributed by atoms with E-state index < -0.39 is 6.10 Å². The number of hydrogen-bond acceptors (Lipinski definition) is 6. The lowest BCUT2D eigenvalue weighted by Crippen LogP contribution is -2.22. The van der Waals surface area contributed by atoms with Crippen LogP contribution in [0.25, 0.3) is 0 Å². The van der Waals surface area contributed by atoms with E-state index in [4.69, 9.17) is 14.2 Å². The minimum absolute atomic E-state index is 0.0277. The largest absolute Gasteiger partial charge is 0.507 e. The molecule has 0 fully saturated rings. The van der Waals surface area contributed by atoms with Crippen LogP contribution in [0.4, 0.5) is 0 Å². The second kappa shape index (κ2) is 7.84. The number of fused-ring (bicyclic) bond motifs is 1. The van der Waals surface area contributed by atoms with Crippen LogP contribution in [-0.2, 0) is 6.42 Å². The molecule has 2 aromatic rings. The standard InChI is InChI=1S/C22H24O6/c1-12(2)5-7-14-20(27-4)11-17(25)21-16(24)10-19(28-22(14)21)13-6-8-18(26-3)15(23)9-13/h5-6,8-9,11,19,23,25H,7,10H2,1-4H3/t19-/m0/s1. The summed E-state index contributed by atoms with van der Waals surface area (Å²) < 4.78 is 16.6. The SMILES string of the molecule is COc1ccc([C@@H]2CC(=O)c3c(O)cc(OC)c(CC=C(C)C)c3O2)cc1O. The summed E-state index contributed by atoms with van der Waals surface area (Å²) in [6.07, 6.45) is 1.97. The molecular weight excluding hydrogens is 360 g/mol. The van der Waals surface area contributed by atoms with E-state index in [2.05, 4.69) is 0 Å². The van der Waals surface area contributed by atoms with Crippen LogP contribution in [0.15, 0.2) is 35.9 Å². The Balaban J connectivity index is 2.08. The average molecular weight is 384 g/mol. The van der Waals surface area contributed by atoms with Gasteiger partial charge in [0.1, 0.15) is 28.9 Å². The Morgan fingerprint density at radius 1 is 1.14 bits per heavy atom. The number of methoxy groups -OCH3 is 2. The van der Waals surface area contributed by atoms with Crippen molar-refractivity contribution in [1.29, 1.82) is 0 Å². The molecule has 0 saturated carbocycles. The van der Waals surface area contributed by atoms with Crippen molar-refractivity contribution in [2.45, 2.75) is 32.8 Å². The molecule has 2 aromatic carbocycles. The Labute approximate surface area is 164 Å². The van der Waals surface area contributed by atoms with Gasteiger partial charge in [0.2, 0.25) is 0 Å². The van der Waals surface area contributed by atoms with Gasteiger partial charge in [-0.05, 0) is 38.0 Å². The molecule has 1 heterocycles. The van der Waals surface area contributed by atoms with E-state index in [9.17, 15) is 15.0 Å². The lowest BCUT2D eigenvalue weighted by Gasteiger charge is -2.29. The van der Waals surface area contributed by atoms with Crippen LogP contribution >= 0.6 is 0 Å². The third-order valence-electron chi connectivity index (χ3n) is 4.74. The average Bonchev–Trinajstić information content (AvgIpc) is 2.66. The van der Waals surface area contributed by atoms with Gasteiger partial charge in [-0.15, -0.1) is 0 Å². The van der Waals surface area contributed by atoms with Gasteiger partial charge in [0.25, 0.3) is 0 Å². The van der Waals surface area contributed by atoms with Crippen LogP contribution in [0.3, 0.4) is 0 Å². The zero-order valence-corrected chi connectivity index (χ0v) is 16.4. The molecule has 148 valence electrons. The summed E-state index contributed by atoms with van der Waals surface area (Å²) in [5.74, 6) is 0.717. The highest BCUT2D eigenvalue weighted by atomic mass is 16.5. The first kappa shape index (κ1) is 19.6. The summed E-state index contributed by atoms with van der Waals surface area (Å²) in [4.78, 5) is 12.8. The van der Waals surface area contributed by atoms with Crippen molar-refractivity contribution in [3.63, 3.8) is 0 Å². The number of carbonyl (C=O) groups is 1. The lowest BCUT2D eigenvalue weighted by molar-refractivity contribution is 0.0842. The minimum Gasteiger partial charge on any atom is -0.507 e. The van der Waals surface area contributed by atoms with Crippen molar-refractivity contribution in [3.8, 4) is 28.7 Å². The van der Waals surface area contributed by atoms with Gasteiger partial charge in [-0.1, -0.05) is 17.7 Å². The van der Waals surface area contributed by atoms with E-state index >= 15 is 0 Å². The Morgan fingerprint density at radius 2 is 1.86 bits per heavy atom. The molecule has 6 heteroatoms. The smallest absolute Gasteiger partial charge is 0.174 e. The lowest BCUT2D eigenvalue weighted by atomic mass is 9.92. The monoisotopic (exact) mass is 384 g/mol. The van der Waals surface area contributed by atoms with Crippen molar-refractivity contribution in [2.24, 2.45) is 0 Å². The van der Waals surface area contributed by atoms with Gasteiger partial charge in [0.05, 0.1) is 20.6 Å². The number of allylic oxidation sites excluding steroid dienone is 2. The van der Waals surface area contributed by atoms with E-state index in [1.807, 2.05) is 19.9 Å². The van der Waals surface area contributed by atoms with Gasteiger partial charge >= 0.3 is 0 Å². The predicted molar refractivity (Wildman–Crippen MR) is 105 cm³/mol. The Bertz CT molecular complexity index is 941. The summed E-state index contributed by atoms with van der Waals surface area (Å²) >= 11 is 0. The van der Waals surface area contributed by atoms with Crippen LogP contribution in [0.5, 0.6) is 28.7 Å². The highest BCUT2D eigenvalue weighted by Gasteiger charge is 2.34. The molecule has 0 aliphatic carbocycles. The zero-order valence-electron chi connectivity index (χ0n) is 16.4. The number of aromatic hydroxyl groups is 2. The van der Waals surface area contributed by atoms with Gasteiger partial charge < -0.3 is 24.4 Å². The predicted octanol–water partition coefficient (Wildman–Crippen LogP) is 4.33. The fraction of sp³-hybridized carbons (Fsp3) is 0.318. The van der Waals surface area contributed by atoms with Crippen molar-refractivity contribution >= 4 is 5.78 Å². The van der Waals surface area contributed by atoms with E-state index in [-0.39, 0.29) is 29.3 Å². The van der Waals surface area contributed by atoms with Gasteiger partial charge in [-0.2, -0.15) is 0 Å². The first-order valence-corrected chi connectivity index (χ1v) is 8.98. The topological polar surface area (TPSA) is 85.2 Å². The minimum atomic E-state index is -0.589. The number of ether oxygens (including phenoxy) is 3. The van der Waals surface area contributed by atoms with Gasteiger partial charge in [-0.3, -0.25) is 4.79 Å². The molecular formula is C22H24O6. The van der Waals surface area contributed by atoms with Crippen LogP contribution in [-0.4, -0.2) is 30.2 Å². The third kappa shape index (κ3) is 3.63. The highest BCUT2D eigenvalue weighted by Crippen LogP contribution is 2.46. The number of phenols is 2. The number of ketones is 1. The fourth-order valence-corrected chi connectivity index (χ4v) is 3.29. The third-order valence-corrected chi connectivity index (χ3v) is 4.74. The molecule has 0 aromatic heterocycles. The van der Waals surface area contributed by atoms with Crippen LogP contribution in [0, 0.1) is 0 Å². The van der Waals surface area contributed by atoms with E-state index in [0.29, 0.717) is 34.8 Å². The molecule has 0 unspecified atom stereocenters. The number of carbonyl (C=O) groups excluding carboxylic acids is 1. The molecule has 1 atom stereocenters. The van der Waals surface area contributed by atoms with Crippen molar-refractivity contribution in [3.05, 3.63) is 52.6 Å². The fourth-order valence-electron chi connectivity index (χ4n) is 3.29. The van der Waals surface area contributed by atoms with Gasteiger partial charge in [0.15, 0.2) is 17.3 Å². The number of Topliss-reactive ketones (excluding diaryl/α,β-unsaturated/α-hetero) is 1. The van der Waals surface area contributed by atoms with Crippen molar-refractivity contribution < 1.29 is 29.2 Å². The van der Waals surface area contributed by atoms with Gasteiger partial charge in [-0.25, -0.2) is 0 Å². The Kier molecular flexibility index (Phi) is 5.49. The summed E-state index contributed by atoms with van der Waals surface area (Å²) in [6, 6.07) is 6.35. The maximum Gasteiger partial charge on any atom is 0.174 e. The molecule has 1 aliphatic rings. The number of hydrogen-bond donors (Lipinski definition) is 2. The van der Waals surface area contributed by atoms with Crippen LogP contribution < -0.4 is 14.2 Å². The molecule has 0 spiro atoms. The summed E-state index contributed by atoms with van der Waals surface area (Å²) in [5.41, 5.74) is 2.63. The second-order valence-corrected chi connectivity index (χ2v) is 6.93. The molecule has 0 bridgehead atoms. The number of benzene rings is 2. The maximum absolute atomic E-state index is 12.8. The molecule has 1 aliphatic heterocycles. The van der Waals surface area contributed by atoms with Crippen LogP contribution in [0.2, 0.25) is 0 Å². The van der Waals surface area contributed by atoms with Crippen LogP contribution in [0.1, 0.15) is 47.9 Å². The molecule has 28 heavy (non-hydrogen) atoms. The Morgan fingerprint density at radius 3 is 2.46 bits per heavy atom. The molecule has 6 nitrogen and oxygen atoms in total. The quantitative estimate of drug-likeness (QED) is 0.747. The van der Waals surface area contributed by atoms with Gasteiger partial charge in [0, 0.05) is 11.6 Å². The Hall–Kier alpha value is -3.15. The molecule has 0 radical (unpaired) electrons.